The molecule has 1 amide bonds. The number of carbonyl (C=O) groups excluding carboxylic acids is 1. The summed E-state index contributed by atoms with van der Waals surface area (Å²) in [7, 11) is 0. The van der Waals surface area contributed by atoms with Gasteiger partial charge in [-0.2, -0.15) is 10.2 Å². The molecule has 0 saturated heterocycles. The molecule has 4 rings (SSSR count). The second kappa shape index (κ2) is 9.61. The Morgan fingerprint density at radius 3 is 2.62 bits per heavy atom. The largest absolute Gasteiger partial charge is 0.438 e. The van der Waals surface area contributed by atoms with Crippen LogP contribution in [0.1, 0.15) is 16.7 Å². The Morgan fingerprint density at radius 2 is 1.91 bits per heavy atom. The molecule has 2 aromatic heterocycles. The Bertz CT molecular complexity index is 1530. The normalized spacial score (nSPS) is 11.2. The summed E-state index contributed by atoms with van der Waals surface area (Å²) in [5.41, 5.74) is 1.96. The molecule has 0 spiro atoms. The number of carbonyl (C=O) groups is 1. The van der Waals surface area contributed by atoms with Crippen LogP contribution in [0.15, 0.2) is 77.2 Å². The maximum Gasteiger partial charge on any atom is 0.269 e. The zero-order chi connectivity index (χ0) is 24.2. The molecule has 0 aliphatic rings. The van der Waals surface area contributed by atoms with Gasteiger partial charge in [0.05, 0.1) is 0 Å². The van der Waals surface area contributed by atoms with Crippen molar-refractivity contribution in [3.8, 4) is 17.7 Å². The molecule has 4 aromatic rings. The number of amides is 1. The lowest BCUT2D eigenvalue weighted by atomic mass is 10.1. The van der Waals surface area contributed by atoms with E-state index in [9.17, 15) is 14.9 Å². The lowest BCUT2D eigenvalue weighted by molar-refractivity contribution is -0.112. The number of benzene rings is 2. The number of aryl methyl sites for hydroxylation is 2. The molecule has 0 aliphatic heterocycles. The Morgan fingerprint density at radius 1 is 1.15 bits per heavy atom. The third-order valence-corrected chi connectivity index (χ3v) is 5.28. The van der Waals surface area contributed by atoms with Crippen molar-refractivity contribution in [2.45, 2.75) is 13.8 Å². The summed E-state index contributed by atoms with van der Waals surface area (Å²) in [6, 6.07) is 19.0. The monoisotopic (exact) mass is 470 g/mol. The van der Waals surface area contributed by atoms with Gasteiger partial charge < -0.3 is 10.1 Å². The van der Waals surface area contributed by atoms with Crippen LogP contribution in [0, 0.1) is 25.2 Å². The zero-order valence-electron chi connectivity index (χ0n) is 18.4. The van der Waals surface area contributed by atoms with E-state index in [0.717, 1.165) is 11.1 Å². The number of rotatable bonds is 5. The Labute approximate surface area is 200 Å². The lowest BCUT2D eigenvalue weighted by Gasteiger charge is -2.12. The van der Waals surface area contributed by atoms with Crippen molar-refractivity contribution in [1.29, 1.82) is 5.26 Å². The molecule has 34 heavy (non-hydrogen) atoms. The molecule has 0 fully saturated rings. The minimum atomic E-state index is -0.681. The summed E-state index contributed by atoms with van der Waals surface area (Å²) >= 11 is 5.88. The second-order valence-electron chi connectivity index (χ2n) is 7.57. The van der Waals surface area contributed by atoms with Gasteiger partial charge in [0.15, 0.2) is 0 Å². The predicted molar refractivity (Wildman–Crippen MR) is 131 cm³/mol. The van der Waals surface area contributed by atoms with E-state index in [2.05, 4.69) is 10.3 Å². The Kier molecular flexibility index (Phi) is 6.44. The summed E-state index contributed by atoms with van der Waals surface area (Å²) in [5.74, 6) is -0.174. The highest BCUT2D eigenvalue weighted by Gasteiger charge is 2.18. The van der Waals surface area contributed by atoms with Crippen molar-refractivity contribution in [3.05, 3.63) is 105 Å². The van der Waals surface area contributed by atoms with Crippen LogP contribution in [0.2, 0.25) is 5.02 Å². The summed E-state index contributed by atoms with van der Waals surface area (Å²) in [6.45, 7) is 3.84. The van der Waals surface area contributed by atoms with Gasteiger partial charge in [-0.15, -0.1) is 0 Å². The van der Waals surface area contributed by atoms with Crippen LogP contribution < -0.4 is 15.6 Å². The molecule has 2 heterocycles. The van der Waals surface area contributed by atoms with Gasteiger partial charge in [-0.3, -0.25) is 14.0 Å². The SMILES string of the molecule is Cc1ccc(Oc2nc3ccccn3c(=O)c2/C=C(/C#N)C(=O)Nc2ccc(Cl)cc2)c(C)c1. The van der Waals surface area contributed by atoms with E-state index in [0.29, 0.717) is 22.1 Å². The molecule has 0 bridgehead atoms. The van der Waals surface area contributed by atoms with Gasteiger partial charge in [-0.25, -0.2) is 0 Å². The van der Waals surface area contributed by atoms with Crippen LogP contribution in [0.5, 0.6) is 11.6 Å². The van der Waals surface area contributed by atoms with Crippen LogP contribution in [0.25, 0.3) is 11.7 Å². The van der Waals surface area contributed by atoms with Crippen molar-refractivity contribution in [2.75, 3.05) is 5.32 Å². The van der Waals surface area contributed by atoms with Crippen molar-refractivity contribution in [3.63, 3.8) is 0 Å². The first-order valence-electron chi connectivity index (χ1n) is 10.3. The van der Waals surface area contributed by atoms with Gasteiger partial charge in [0, 0.05) is 16.9 Å². The van der Waals surface area contributed by atoms with Crippen molar-refractivity contribution in [2.24, 2.45) is 0 Å². The lowest BCUT2D eigenvalue weighted by Crippen LogP contribution is -2.20. The number of anilines is 1. The van der Waals surface area contributed by atoms with Gasteiger partial charge >= 0.3 is 0 Å². The number of ether oxygens (including phenoxy) is 1. The highest BCUT2D eigenvalue weighted by molar-refractivity contribution is 6.30. The first kappa shape index (κ1) is 22.8. The van der Waals surface area contributed by atoms with Crippen LogP contribution in [0.3, 0.4) is 0 Å². The smallest absolute Gasteiger partial charge is 0.269 e. The minimum Gasteiger partial charge on any atom is -0.438 e. The van der Waals surface area contributed by atoms with Crippen LogP contribution in [0.4, 0.5) is 5.69 Å². The number of hydrogen-bond acceptors (Lipinski definition) is 5. The standard InChI is InChI=1S/C26H19ClN4O3/c1-16-6-11-22(17(2)13-16)34-25-21(26(33)31-12-4-3-5-23(31)30-25)14-18(15-28)24(32)29-20-9-7-19(27)8-10-20/h3-14H,1-2H3,(H,29,32)/b18-14-. The third kappa shape index (κ3) is 4.82. The van der Waals surface area contributed by atoms with E-state index in [1.807, 2.05) is 32.0 Å². The number of halogens is 1. The van der Waals surface area contributed by atoms with Gasteiger partial charge in [-0.05, 0) is 68.0 Å². The minimum absolute atomic E-state index is 0.00445. The van der Waals surface area contributed by atoms with Gasteiger partial charge in [0.2, 0.25) is 5.88 Å². The van der Waals surface area contributed by atoms with E-state index in [1.165, 1.54) is 10.5 Å². The predicted octanol–water partition coefficient (Wildman–Crippen LogP) is 5.30. The number of fused-ring (bicyclic) bond motifs is 1. The van der Waals surface area contributed by atoms with Crippen LogP contribution in [-0.2, 0) is 4.79 Å². The number of hydrogen-bond donors (Lipinski definition) is 1. The molecule has 0 saturated carbocycles. The van der Waals surface area contributed by atoms with E-state index in [1.54, 1.807) is 54.7 Å². The fourth-order valence-corrected chi connectivity index (χ4v) is 3.45. The van der Waals surface area contributed by atoms with Crippen LogP contribution >= 0.6 is 11.6 Å². The number of nitrogens with zero attached hydrogens (tertiary/aromatic N) is 3. The first-order chi connectivity index (χ1) is 16.4. The zero-order valence-corrected chi connectivity index (χ0v) is 19.1. The molecule has 8 heteroatoms. The number of aromatic nitrogens is 2. The quantitative estimate of drug-likeness (QED) is 0.315. The molecule has 1 N–H and O–H groups in total. The molecule has 7 nitrogen and oxygen atoms in total. The van der Waals surface area contributed by atoms with Gasteiger partial charge in [0.25, 0.3) is 11.5 Å². The topological polar surface area (TPSA) is 96.5 Å². The van der Waals surface area contributed by atoms with Gasteiger partial charge in [0.1, 0.15) is 28.6 Å². The number of pyridine rings is 1. The first-order valence-corrected chi connectivity index (χ1v) is 10.7. The molecule has 0 unspecified atom stereocenters. The van der Waals surface area contributed by atoms with E-state index in [4.69, 9.17) is 16.3 Å². The highest BCUT2D eigenvalue weighted by Crippen LogP contribution is 2.27. The molecule has 0 atom stereocenters. The van der Waals surface area contributed by atoms with Crippen LogP contribution in [-0.4, -0.2) is 15.3 Å². The summed E-state index contributed by atoms with van der Waals surface area (Å²) in [6.07, 6.45) is 2.75. The fourth-order valence-electron chi connectivity index (χ4n) is 3.33. The third-order valence-electron chi connectivity index (χ3n) is 5.03. The molecular formula is C26H19ClN4O3. The molecular weight excluding hydrogens is 452 g/mol. The molecule has 0 aliphatic carbocycles. The second-order valence-corrected chi connectivity index (χ2v) is 8.00. The van der Waals surface area contributed by atoms with Gasteiger partial charge in [-0.1, -0.05) is 35.4 Å². The maximum absolute atomic E-state index is 13.3. The Balaban J connectivity index is 1.81. The van der Waals surface area contributed by atoms with Crippen molar-refractivity contribution >= 4 is 34.9 Å². The van der Waals surface area contributed by atoms with E-state index < -0.39 is 11.5 Å². The average molecular weight is 471 g/mol. The average Bonchev–Trinajstić information content (AvgIpc) is 2.82. The molecule has 2 aromatic carbocycles. The fraction of sp³-hybridized carbons (Fsp3) is 0.0769. The number of nitriles is 1. The maximum atomic E-state index is 13.3. The Hall–Kier alpha value is -4.41. The molecule has 0 radical (unpaired) electrons. The highest BCUT2D eigenvalue weighted by atomic mass is 35.5. The van der Waals surface area contributed by atoms with E-state index in [-0.39, 0.29) is 17.0 Å². The summed E-state index contributed by atoms with van der Waals surface area (Å²) in [4.78, 5) is 30.5. The molecule has 168 valence electrons. The summed E-state index contributed by atoms with van der Waals surface area (Å²) in [5, 5.41) is 12.8. The van der Waals surface area contributed by atoms with Crippen molar-refractivity contribution in [1.82, 2.24) is 9.38 Å². The summed E-state index contributed by atoms with van der Waals surface area (Å²) < 4.78 is 7.34. The number of nitrogens with one attached hydrogen (secondary N) is 1. The van der Waals surface area contributed by atoms with E-state index >= 15 is 0 Å². The van der Waals surface area contributed by atoms with Crippen molar-refractivity contribution < 1.29 is 9.53 Å².